The van der Waals surface area contributed by atoms with Crippen LogP contribution in [0.15, 0.2) is 6.07 Å². The zero-order chi connectivity index (χ0) is 11.9. The highest BCUT2D eigenvalue weighted by atomic mass is 19.4. The maximum atomic E-state index is 12.5. The van der Waals surface area contributed by atoms with Crippen molar-refractivity contribution in [2.24, 2.45) is 5.92 Å². The number of halogens is 3. The molecule has 0 amide bonds. The first kappa shape index (κ1) is 11.3. The molecule has 2 unspecified atom stereocenters. The van der Waals surface area contributed by atoms with E-state index in [0.29, 0.717) is 18.3 Å². The van der Waals surface area contributed by atoms with Crippen LogP contribution in [0.4, 0.5) is 19.0 Å². The molecule has 0 radical (unpaired) electrons. The van der Waals surface area contributed by atoms with E-state index >= 15 is 0 Å². The van der Waals surface area contributed by atoms with Crippen molar-refractivity contribution >= 4 is 5.82 Å². The maximum absolute atomic E-state index is 12.5. The number of rotatable bonds is 1. The Morgan fingerprint density at radius 3 is 2.81 bits per heavy atom. The van der Waals surface area contributed by atoms with Crippen molar-refractivity contribution in [3.05, 3.63) is 11.8 Å². The lowest BCUT2D eigenvalue weighted by Crippen LogP contribution is -2.30. The minimum Gasteiger partial charge on any atom is -0.370 e. The van der Waals surface area contributed by atoms with Gasteiger partial charge in [0.1, 0.15) is 5.82 Å². The van der Waals surface area contributed by atoms with Gasteiger partial charge in [-0.1, -0.05) is 13.8 Å². The van der Waals surface area contributed by atoms with Gasteiger partial charge in [-0.3, -0.25) is 0 Å². The van der Waals surface area contributed by atoms with E-state index in [9.17, 15) is 13.2 Å². The van der Waals surface area contributed by atoms with Crippen molar-refractivity contribution in [1.82, 2.24) is 9.78 Å². The molecule has 16 heavy (non-hydrogen) atoms. The Labute approximate surface area is 91.6 Å². The molecule has 0 fully saturated rings. The first-order chi connectivity index (χ1) is 7.43. The minimum atomic E-state index is -4.37. The fraction of sp³-hybridized carbons (Fsp3) is 0.700. The first-order valence-corrected chi connectivity index (χ1v) is 5.34. The quantitative estimate of drug-likeness (QED) is 0.808. The third kappa shape index (κ3) is 1.76. The highest BCUT2D eigenvalue weighted by Gasteiger charge is 2.37. The number of hydrogen-bond acceptors (Lipinski definition) is 2. The molecule has 0 aromatic carbocycles. The molecule has 1 N–H and O–H groups in total. The van der Waals surface area contributed by atoms with E-state index in [4.69, 9.17) is 0 Å². The molecule has 0 bridgehead atoms. The van der Waals surface area contributed by atoms with E-state index in [1.165, 1.54) is 4.68 Å². The van der Waals surface area contributed by atoms with E-state index in [-0.39, 0.29) is 6.04 Å². The molecule has 1 aliphatic heterocycles. The topological polar surface area (TPSA) is 29.9 Å². The van der Waals surface area contributed by atoms with Gasteiger partial charge in [0.15, 0.2) is 5.69 Å². The van der Waals surface area contributed by atoms with Crippen LogP contribution >= 0.6 is 0 Å². The van der Waals surface area contributed by atoms with Gasteiger partial charge in [-0.05, 0) is 12.3 Å². The summed E-state index contributed by atoms with van der Waals surface area (Å²) in [7, 11) is 0. The summed E-state index contributed by atoms with van der Waals surface area (Å²) >= 11 is 0. The summed E-state index contributed by atoms with van der Waals surface area (Å²) in [6.07, 6.45) is -3.58. The molecule has 90 valence electrons. The molecule has 2 atom stereocenters. The molecule has 1 aromatic rings. The van der Waals surface area contributed by atoms with Gasteiger partial charge in [0.25, 0.3) is 0 Å². The summed E-state index contributed by atoms with van der Waals surface area (Å²) in [5.41, 5.74) is -0.817. The van der Waals surface area contributed by atoms with Crippen LogP contribution in [0.3, 0.4) is 0 Å². The number of alkyl halides is 3. The summed E-state index contributed by atoms with van der Waals surface area (Å²) in [6, 6.07) is 1.13. The van der Waals surface area contributed by atoms with Crippen LogP contribution in [0.1, 0.15) is 32.0 Å². The Hall–Kier alpha value is -1.20. The lowest BCUT2D eigenvalue weighted by atomic mass is 9.98. The van der Waals surface area contributed by atoms with E-state index < -0.39 is 11.9 Å². The zero-order valence-electron chi connectivity index (χ0n) is 9.17. The standard InChI is InChI=1S/C10H14F3N3/c1-3-7-6(2)5-14-9-4-8(10(11,12)13)15-16(7)9/h4,6-7,14H,3,5H2,1-2H3. The van der Waals surface area contributed by atoms with Gasteiger partial charge in [0, 0.05) is 12.6 Å². The molecule has 0 saturated heterocycles. The van der Waals surface area contributed by atoms with Gasteiger partial charge >= 0.3 is 6.18 Å². The monoisotopic (exact) mass is 233 g/mol. The smallest absolute Gasteiger partial charge is 0.370 e. The van der Waals surface area contributed by atoms with Gasteiger partial charge in [-0.2, -0.15) is 18.3 Å². The summed E-state index contributed by atoms with van der Waals surface area (Å²) in [4.78, 5) is 0. The number of aromatic nitrogens is 2. The Balaban J connectivity index is 2.40. The van der Waals surface area contributed by atoms with Crippen molar-refractivity contribution in [2.75, 3.05) is 11.9 Å². The summed E-state index contributed by atoms with van der Waals surface area (Å²) < 4.78 is 39.0. The second-order valence-electron chi connectivity index (χ2n) is 4.19. The molecule has 2 rings (SSSR count). The Morgan fingerprint density at radius 2 is 2.25 bits per heavy atom. The normalized spacial score (nSPS) is 25.1. The van der Waals surface area contributed by atoms with Gasteiger partial charge < -0.3 is 5.32 Å². The average molecular weight is 233 g/mol. The van der Waals surface area contributed by atoms with Crippen LogP contribution in [0, 0.1) is 5.92 Å². The third-order valence-corrected chi connectivity index (χ3v) is 3.02. The van der Waals surface area contributed by atoms with Gasteiger partial charge in [-0.15, -0.1) is 0 Å². The molecule has 6 heteroatoms. The van der Waals surface area contributed by atoms with Crippen LogP contribution in [0.5, 0.6) is 0 Å². The fourth-order valence-electron chi connectivity index (χ4n) is 2.14. The van der Waals surface area contributed by atoms with Crippen molar-refractivity contribution in [3.63, 3.8) is 0 Å². The van der Waals surface area contributed by atoms with Crippen molar-refractivity contribution < 1.29 is 13.2 Å². The minimum absolute atomic E-state index is 0.0485. The second kappa shape index (κ2) is 3.68. The SMILES string of the molecule is CCC1C(C)CNc2cc(C(F)(F)F)nn21. The number of hydrogen-bond donors (Lipinski definition) is 1. The molecule has 0 saturated carbocycles. The van der Waals surface area contributed by atoms with Crippen LogP contribution < -0.4 is 5.32 Å². The molecule has 1 aromatic heterocycles. The lowest BCUT2D eigenvalue weighted by Gasteiger charge is -2.30. The van der Waals surface area contributed by atoms with Crippen LogP contribution in [-0.4, -0.2) is 16.3 Å². The summed E-state index contributed by atoms with van der Waals surface area (Å²) in [5, 5.41) is 6.62. The van der Waals surface area contributed by atoms with Crippen molar-refractivity contribution in [1.29, 1.82) is 0 Å². The number of fused-ring (bicyclic) bond motifs is 1. The first-order valence-electron chi connectivity index (χ1n) is 5.34. The number of nitrogens with one attached hydrogen (secondary N) is 1. The Bertz CT molecular complexity index is 383. The second-order valence-corrected chi connectivity index (χ2v) is 4.19. The Morgan fingerprint density at radius 1 is 1.56 bits per heavy atom. The van der Waals surface area contributed by atoms with Gasteiger partial charge in [0.2, 0.25) is 0 Å². The van der Waals surface area contributed by atoms with Crippen LogP contribution in [0.2, 0.25) is 0 Å². The van der Waals surface area contributed by atoms with Crippen LogP contribution in [0.25, 0.3) is 0 Å². The number of nitrogens with zero attached hydrogens (tertiary/aromatic N) is 2. The average Bonchev–Trinajstić information content (AvgIpc) is 2.60. The molecule has 2 heterocycles. The van der Waals surface area contributed by atoms with Crippen LogP contribution in [-0.2, 0) is 6.18 Å². The molecule has 0 spiro atoms. The number of anilines is 1. The highest BCUT2D eigenvalue weighted by molar-refractivity contribution is 5.40. The fourth-order valence-corrected chi connectivity index (χ4v) is 2.14. The van der Waals surface area contributed by atoms with E-state index in [1.807, 2.05) is 13.8 Å². The highest BCUT2D eigenvalue weighted by Crippen LogP contribution is 2.35. The third-order valence-electron chi connectivity index (χ3n) is 3.02. The van der Waals surface area contributed by atoms with E-state index in [1.54, 1.807) is 0 Å². The lowest BCUT2D eigenvalue weighted by molar-refractivity contribution is -0.141. The van der Waals surface area contributed by atoms with E-state index in [2.05, 4.69) is 10.4 Å². The molecular formula is C10H14F3N3. The predicted molar refractivity (Wildman–Crippen MR) is 54.2 cm³/mol. The molecule has 3 nitrogen and oxygen atoms in total. The van der Waals surface area contributed by atoms with Gasteiger partial charge in [-0.25, -0.2) is 4.68 Å². The van der Waals surface area contributed by atoms with Gasteiger partial charge in [0.05, 0.1) is 6.04 Å². The predicted octanol–water partition coefficient (Wildman–Crippen LogP) is 2.91. The molecule has 0 aliphatic carbocycles. The zero-order valence-corrected chi connectivity index (χ0v) is 9.17. The van der Waals surface area contributed by atoms with Crippen molar-refractivity contribution in [3.8, 4) is 0 Å². The van der Waals surface area contributed by atoms with Crippen molar-refractivity contribution in [2.45, 2.75) is 32.5 Å². The molecule has 1 aliphatic rings. The Kier molecular flexibility index (Phi) is 2.59. The largest absolute Gasteiger partial charge is 0.435 e. The summed E-state index contributed by atoms with van der Waals surface area (Å²) in [6.45, 7) is 4.67. The molecular weight excluding hydrogens is 219 g/mol. The van der Waals surface area contributed by atoms with E-state index in [0.717, 1.165) is 12.5 Å². The maximum Gasteiger partial charge on any atom is 0.435 e. The summed E-state index contributed by atoms with van der Waals surface area (Å²) in [5.74, 6) is 0.760.